The lowest BCUT2D eigenvalue weighted by Crippen LogP contribution is -3.11. The normalized spacial score (nSPS) is 21.0. The topological polar surface area (TPSA) is 24.8 Å². The molecule has 1 fully saturated rings. The summed E-state index contributed by atoms with van der Waals surface area (Å²) in [5.74, 6) is 0.490. The Balaban J connectivity index is 1.84. The molecule has 0 bridgehead atoms. The molecule has 1 aliphatic rings. The second-order valence-corrected chi connectivity index (χ2v) is 7.07. The summed E-state index contributed by atoms with van der Waals surface area (Å²) in [4.78, 5) is 16.1. The molecule has 0 spiro atoms. The minimum atomic E-state index is 0.184. The Morgan fingerprint density at radius 1 is 1.30 bits per heavy atom. The number of hydrogen-bond donors (Lipinski definition) is 1. The van der Waals surface area contributed by atoms with Crippen LogP contribution in [0.3, 0.4) is 0 Å². The second-order valence-electron chi connectivity index (χ2n) is 6.64. The van der Waals surface area contributed by atoms with Crippen LogP contribution in [0.15, 0.2) is 36.4 Å². The fraction of sp³-hybridized carbons (Fsp3) is 0.526. The van der Waals surface area contributed by atoms with Crippen molar-refractivity contribution in [2.45, 2.75) is 33.2 Å². The van der Waals surface area contributed by atoms with E-state index >= 15 is 0 Å². The minimum Gasteiger partial charge on any atom is -0.339 e. The maximum absolute atomic E-state index is 12.6. The first kappa shape index (κ1) is 18.0. The molecule has 1 saturated heterocycles. The first-order chi connectivity index (χ1) is 11.0. The molecule has 0 atom stereocenters. The monoisotopic (exact) mass is 335 g/mol. The maximum atomic E-state index is 12.6. The third-order valence-electron chi connectivity index (χ3n) is 4.56. The quantitative estimate of drug-likeness (QED) is 0.794. The summed E-state index contributed by atoms with van der Waals surface area (Å²) in [6.45, 7) is 12.5. The van der Waals surface area contributed by atoms with Gasteiger partial charge in [-0.2, -0.15) is 0 Å². The fourth-order valence-corrected chi connectivity index (χ4v) is 3.40. The number of rotatable bonds is 6. The minimum absolute atomic E-state index is 0.184. The first-order valence-electron chi connectivity index (χ1n) is 8.50. The molecule has 3 nitrogen and oxygen atoms in total. The van der Waals surface area contributed by atoms with Crippen LogP contribution in [0.2, 0.25) is 5.02 Å². The average Bonchev–Trinajstić information content (AvgIpc) is 2.54. The highest BCUT2D eigenvalue weighted by molar-refractivity contribution is 6.30. The number of hydrogen-bond acceptors (Lipinski definition) is 1. The number of carbonyl (C=O) groups excluding carboxylic acids is 1. The van der Waals surface area contributed by atoms with Crippen LogP contribution in [0, 0.1) is 5.92 Å². The fourth-order valence-electron chi connectivity index (χ4n) is 3.27. The number of benzene rings is 1. The number of amides is 1. The maximum Gasteiger partial charge on any atom is 0.226 e. The van der Waals surface area contributed by atoms with Gasteiger partial charge in [0.1, 0.15) is 6.54 Å². The summed E-state index contributed by atoms with van der Waals surface area (Å²) >= 11 is 5.93. The average molecular weight is 336 g/mol. The lowest BCUT2D eigenvalue weighted by atomic mass is 9.94. The highest BCUT2D eigenvalue weighted by Crippen LogP contribution is 2.15. The molecule has 126 valence electrons. The van der Waals surface area contributed by atoms with Crippen molar-refractivity contribution in [3.8, 4) is 0 Å². The van der Waals surface area contributed by atoms with Crippen molar-refractivity contribution < 1.29 is 9.69 Å². The summed E-state index contributed by atoms with van der Waals surface area (Å²) in [6.07, 6.45) is 1.96. The summed E-state index contributed by atoms with van der Waals surface area (Å²) in [5, 5.41) is 0.783. The number of likely N-dealkylation sites (N-methyl/N-ethyl adjacent to an activating group) is 1. The van der Waals surface area contributed by atoms with Crippen molar-refractivity contribution in [3.05, 3.63) is 47.0 Å². The van der Waals surface area contributed by atoms with Gasteiger partial charge in [0.25, 0.3) is 0 Å². The molecule has 4 heteroatoms. The van der Waals surface area contributed by atoms with Gasteiger partial charge in [0.05, 0.1) is 13.1 Å². The van der Waals surface area contributed by atoms with E-state index < -0.39 is 0 Å². The van der Waals surface area contributed by atoms with Crippen LogP contribution in [-0.2, 0) is 11.3 Å². The number of likely N-dealkylation sites (tertiary alicyclic amines) is 1. The molecule has 1 heterocycles. The van der Waals surface area contributed by atoms with Crippen molar-refractivity contribution in [1.29, 1.82) is 0 Å². The Labute approximate surface area is 144 Å². The Hall–Kier alpha value is -1.32. The Morgan fingerprint density at radius 2 is 1.91 bits per heavy atom. The highest BCUT2D eigenvalue weighted by Gasteiger charge is 2.30. The van der Waals surface area contributed by atoms with Gasteiger partial charge in [0.15, 0.2) is 0 Å². The largest absolute Gasteiger partial charge is 0.339 e. The van der Waals surface area contributed by atoms with Gasteiger partial charge in [-0.3, -0.25) is 4.79 Å². The lowest BCUT2D eigenvalue weighted by molar-refractivity contribution is -0.919. The third kappa shape index (κ3) is 5.36. The number of quaternary nitrogens is 1. The second kappa shape index (κ2) is 8.51. The molecule has 0 unspecified atom stereocenters. The van der Waals surface area contributed by atoms with Crippen molar-refractivity contribution in [1.82, 2.24) is 4.90 Å². The van der Waals surface area contributed by atoms with E-state index in [1.807, 2.05) is 30.9 Å². The van der Waals surface area contributed by atoms with E-state index in [1.54, 1.807) is 4.90 Å². The summed E-state index contributed by atoms with van der Waals surface area (Å²) < 4.78 is 0. The smallest absolute Gasteiger partial charge is 0.226 e. The van der Waals surface area contributed by atoms with E-state index in [1.165, 1.54) is 5.56 Å². The van der Waals surface area contributed by atoms with E-state index in [-0.39, 0.29) is 5.92 Å². The number of carbonyl (C=O) groups is 1. The van der Waals surface area contributed by atoms with Crippen molar-refractivity contribution in [2.24, 2.45) is 5.92 Å². The molecule has 0 saturated carbocycles. The van der Waals surface area contributed by atoms with Crippen LogP contribution in [0.5, 0.6) is 0 Å². The van der Waals surface area contributed by atoms with Crippen molar-refractivity contribution in [2.75, 3.05) is 26.2 Å². The zero-order valence-corrected chi connectivity index (χ0v) is 15.0. The third-order valence-corrected chi connectivity index (χ3v) is 4.82. The van der Waals surface area contributed by atoms with Crippen LogP contribution >= 0.6 is 11.6 Å². The van der Waals surface area contributed by atoms with Gasteiger partial charge in [-0.15, -0.1) is 0 Å². The highest BCUT2D eigenvalue weighted by atomic mass is 35.5. The van der Waals surface area contributed by atoms with Gasteiger partial charge in [-0.05, 0) is 26.0 Å². The standard InChI is InChI=1S/C19H27ClN2O/c1-4-22(13-15(2)3)19(23)17-9-11-21(12-10-17)14-16-5-7-18(20)8-6-16/h5-8,17H,2,4,9-14H2,1,3H3/p+1. The number of piperidine rings is 1. The molecular weight excluding hydrogens is 308 g/mol. The van der Waals surface area contributed by atoms with Gasteiger partial charge in [0, 0.05) is 42.4 Å². The van der Waals surface area contributed by atoms with E-state index in [0.717, 1.165) is 49.6 Å². The predicted octanol–water partition coefficient (Wildman–Crippen LogP) is 2.56. The zero-order chi connectivity index (χ0) is 16.8. The van der Waals surface area contributed by atoms with E-state index in [9.17, 15) is 4.79 Å². The molecule has 0 radical (unpaired) electrons. The SMILES string of the molecule is C=C(C)CN(CC)C(=O)C1CC[NH+](Cc2ccc(Cl)cc2)CC1. The van der Waals surface area contributed by atoms with Gasteiger partial charge in [-0.25, -0.2) is 0 Å². The Kier molecular flexibility index (Phi) is 6.67. The molecule has 1 N–H and O–H groups in total. The number of nitrogens with zero attached hydrogens (tertiary/aromatic N) is 1. The molecule has 1 aliphatic heterocycles. The molecule has 0 aromatic heterocycles. The Bertz CT molecular complexity index is 533. The molecule has 1 amide bonds. The first-order valence-corrected chi connectivity index (χ1v) is 8.88. The summed E-state index contributed by atoms with van der Waals surface area (Å²) in [6, 6.07) is 8.09. The molecule has 0 aliphatic carbocycles. The predicted molar refractivity (Wildman–Crippen MR) is 95.6 cm³/mol. The summed E-state index contributed by atoms with van der Waals surface area (Å²) in [7, 11) is 0. The van der Waals surface area contributed by atoms with Crippen LogP contribution in [-0.4, -0.2) is 37.0 Å². The summed E-state index contributed by atoms with van der Waals surface area (Å²) in [5.41, 5.74) is 2.36. The lowest BCUT2D eigenvalue weighted by Gasteiger charge is -2.32. The van der Waals surface area contributed by atoms with Gasteiger partial charge < -0.3 is 9.80 Å². The Morgan fingerprint density at radius 3 is 2.43 bits per heavy atom. The molecule has 23 heavy (non-hydrogen) atoms. The molecule has 1 aromatic rings. The van der Waals surface area contributed by atoms with Gasteiger partial charge in [0.2, 0.25) is 5.91 Å². The van der Waals surface area contributed by atoms with E-state index in [0.29, 0.717) is 12.5 Å². The van der Waals surface area contributed by atoms with E-state index in [2.05, 4.69) is 18.7 Å². The van der Waals surface area contributed by atoms with E-state index in [4.69, 9.17) is 11.6 Å². The van der Waals surface area contributed by atoms with Crippen LogP contribution in [0.1, 0.15) is 32.3 Å². The van der Waals surface area contributed by atoms with Crippen LogP contribution < -0.4 is 4.90 Å². The van der Waals surface area contributed by atoms with Crippen LogP contribution in [0.25, 0.3) is 0 Å². The zero-order valence-electron chi connectivity index (χ0n) is 14.3. The number of nitrogens with one attached hydrogen (secondary N) is 1. The van der Waals surface area contributed by atoms with Gasteiger partial charge in [-0.1, -0.05) is 35.9 Å². The van der Waals surface area contributed by atoms with Crippen molar-refractivity contribution >= 4 is 17.5 Å². The van der Waals surface area contributed by atoms with Gasteiger partial charge >= 0.3 is 0 Å². The van der Waals surface area contributed by atoms with Crippen molar-refractivity contribution in [3.63, 3.8) is 0 Å². The van der Waals surface area contributed by atoms with Crippen LogP contribution in [0.4, 0.5) is 0 Å². The molecule has 1 aromatic carbocycles. The molecule has 2 rings (SSSR count). The number of halogens is 1. The molecular formula is C19H28ClN2O+.